The highest BCUT2D eigenvalue weighted by atomic mass is 16.6. The van der Waals surface area contributed by atoms with Gasteiger partial charge in [0.15, 0.2) is 0 Å². The molecule has 1 saturated heterocycles. The Morgan fingerprint density at radius 3 is 1.48 bits per heavy atom. The summed E-state index contributed by atoms with van der Waals surface area (Å²) < 4.78 is 11.2. The van der Waals surface area contributed by atoms with Crippen LogP contribution in [0.25, 0.3) is 0 Å². The molecule has 1 rings (SSSR count). The van der Waals surface area contributed by atoms with E-state index in [0.29, 0.717) is 12.8 Å². The van der Waals surface area contributed by atoms with Crippen LogP contribution in [-0.2, 0) is 19.1 Å². The lowest BCUT2D eigenvalue weighted by Crippen LogP contribution is -2.60. The number of unbranched alkanes of at least 4 members (excludes halogenated alkanes) is 20. The van der Waals surface area contributed by atoms with E-state index in [1.165, 1.54) is 103 Å². The molecule has 0 spiro atoms. The number of aliphatic hydroxyl groups is 3. The van der Waals surface area contributed by atoms with Crippen molar-refractivity contribution in [1.29, 1.82) is 0 Å². The van der Waals surface area contributed by atoms with Crippen molar-refractivity contribution in [3.63, 3.8) is 0 Å². The maximum atomic E-state index is 12.6. The highest BCUT2D eigenvalue weighted by Crippen LogP contribution is 2.19. The van der Waals surface area contributed by atoms with Gasteiger partial charge in [0.25, 0.3) is 0 Å². The van der Waals surface area contributed by atoms with Gasteiger partial charge in [-0.1, -0.05) is 142 Å². The number of hydrogen-bond donors (Lipinski definition) is 4. The van der Waals surface area contributed by atoms with Crippen LogP contribution in [0, 0.1) is 0 Å². The maximum absolute atomic E-state index is 12.6. The molecule has 8 nitrogen and oxygen atoms in total. The summed E-state index contributed by atoms with van der Waals surface area (Å²) in [4.78, 5) is 25.1. The Kier molecular flexibility index (Phi) is 26.0. The van der Waals surface area contributed by atoms with Gasteiger partial charge in [-0.15, -0.1) is 0 Å². The first kappa shape index (κ1) is 40.8. The summed E-state index contributed by atoms with van der Waals surface area (Å²) >= 11 is 0. The van der Waals surface area contributed by atoms with Crippen LogP contribution < -0.4 is 5.32 Å². The minimum absolute atomic E-state index is 0.0790. The molecule has 1 fully saturated rings. The molecular formula is C36H69NO7. The van der Waals surface area contributed by atoms with E-state index in [9.17, 15) is 24.9 Å². The fourth-order valence-corrected chi connectivity index (χ4v) is 6.01. The number of hydrogen-bond acceptors (Lipinski definition) is 8. The number of aliphatic hydroxyl groups excluding tert-OH is 3. The van der Waals surface area contributed by atoms with Crippen LogP contribution in [-0.4, -0.2) is 70.9 Å². The molecule has 0 saturated carbocycles. The van der Waals surface area contributed by atoms with Crippen molar-refractivity contribution >= 4 is 11.9 Å². The van der Waals surface area contributed by atoms with Crippen molar-refractivity contribution in [2.75, 3.05) is 13.2 Å². The first-order valence-electron chi connectivity index (χ1n) is 18.5. The molecule has 1 aliphatic heterocycles. The predicted octanol–water partition coefficient (Wildman–Crippen LogP) is 7.29. The number of esters is 2. The molecule has 0 aliphatic carbocycles. The van der Waals surface area contributed by atoms with E-state index in [-0.39, 0.29) is 31.5 Å². The summed E-state index contributed by atoms with van der Waals surface area (Å²) in [6.07, 6.45) is 23.0. The summed E-state index contributed by atoms with van der Waals surface area (Å²) in [5.41, 5.74) is 0. The van der Waals surface area contributed by atoms with Gasteiger partial charge in [-0.05, 0) is 12.8 Å². The molecular weight excluding hydrogens is 558 g/mol. The first-order chi connectivity index (χ1) is 21.4. The van der Waals surface area contributed by atoms with E-state index in [1.54, 1.807) is 0 Å². The van der Waals surface area contributed by atoms with Gasteiger partial charge in [0.1, 0.15) is 18.8 Å². The van der Waals surface area contributed by atoms with Crippen LogP contribution in [0.3, 0.4) is 0 Å². The lowest BCUT2D eigenvalue weighted by atomic mass is 9.92. The second-order valence-corrected chi connectivity index (χ2v) is 13.2. The first-order valence-corrected chi connectivity index (χ1v) is 18.5. The van der Waals surface area contributed by atoms with Gasteiger partial charge < -0.3 is 30.1 Å². The van der Waals surface area contributed by atoms with E-state index >= 15 is 0 Å². The Bertz CT molecular complexity index is 691. The lowest BCUT2D eigenvalue weighted by molar-refractivity contribution is -0.162. The van der Waals surface area contributed by atoms with Gasteiger partial charge in [-0.25, -0.2) is 0 Å². The summed E-state index contributed by atoms with van der Waals surface area (Å²) in [6.45, 7) is 4.52. The highest BCUT2D eigenvalue weighted by molar-refractivity contribution is 5.70. The average Bonchev–Trinajstić information content (AvgIpc) is 3.01. The highest BCUT2D eigenvalue weighted by Gasteiger charge is 2.38. The van der Waals surface area contributed by atoms with Gasteiger partial charge in [-0.2, -0.15) is 0 Å². The minimum atomic E-state index is -1.28. The number of rotatable bonds is 29. The van der Waals surface area contributed by atoms with Crippen molar-refractivity contribution < 1.29 is 34.4 Å². The van der Waals surface area contributed by atoms with E-state index in [1.807, 2.05) is 0 Å². The number of β-amino-alcohol motifs (C(OH)–C–C–N with tert-alkyl or cyclic N) is 1. The van der Waals surface area contributed by atoms with Crippen LogP contribution in [0.4, 0.5) is 0 Å². The quantitative estimate of drug-likeness (QED) is 0.0503. The van der Waals surface area contributed by atoms with Gasteiger partial charge in [-0.3, -0.25) is 9.59 Å². The number of carbonyl (C=O) groups is 2. The smallest absolute Gasteiger partial charge is 0.306 e. The molecule has 0 unspecified atom stereocenters. The largest absolute Gasteiger partial charge is 0.462 e. The van der Waals surface area contributed by atoms with E-state index in [0.717, 1.165) is 38.5 Å². The molecule has 0 bridgehead atoms. The van der Waals surface area contributed by atoms with Crippen LogP contribution in [0.15, 0.2) is 0 Å². The number of ether oxygens (including phenoxy) is 2. The average molecular weight is 628 g/mol. The second-order valence-electron chi connectivity index (χ2n) is 13.2. The molecule has 0 aromatic rings. The van der Waals surface area contributed by atoms with Gasteiger partial charge in [0.05, 0.1) is 12.2 Å². The van der Waals surface area contributed by atoms with Crippen molar-refractivity contribution in [2.24, 2.45) is 0 Å². The second kappa shape index (κ2) is 28.0. The molecule has 5 atom stereocenters. The number of carbonyl (C=O) groups excluding carboxylic acids is 2. The Balaban J connectivity index is 2.31. The predicted molar refractivity (Wildman–Crippen MR) is 177 cm³/mol. The van der Waals surface area contributed by atoms with Crippen LogP contribution >= 0.6 is 0 Å². The third-order valence-electron chi connectivity index (χ3n) is 8.96. The molecule has 44 heavy (non-hydrogen) atoms. The van der Waals surface area contributed by atoms with Crippen LogP contribution in [0.2, 0.25) is 0 Å². The topological polar surface area (TPSA) is 125 Å². The van der Waals surface area contributed by atoms with Crippen LogP contribution in [0.5, 0.6) is 0 Å². The van der Waals surface area contributed by atoms with E-state index < -0.39 is 30.5 Å². The minimum Gasteiger partial charge on any atom is -0.462 e. The molecule has 0 radical (unpaired) electrons. The Labute approximate surface area is 269 Å². The maximum Gasteiger partial charge on any atom is 0.306 e. The Hall–Kier alpha value is -1.22. The zero-order valence-electron chi connectivity index (χ0n) is 28.5. The normalized spacial score (nSPS) is 20.8. The van der Waals surface area contributed by atoms with Crippen molar-refractivity contribution in [2.45, 2.75) is 205 Å². The number of piperidine rings is 1. The lowest BCUT2D eigenvalue weighted by Gasteiger charge is -2.37. The molecule has 0 aromatic heterocycles. The summed E-state index contributed by atoms with van der Waals surface area (Å²) in [5.74, 6) is -0.641. The Morgan fingerprint density at radius 1 is 0.614 bits per heavy atom. The Morgan fingerprint density at radius 2 is 1.02 bits per heavy atom. The molecule has 1 aliphatic rings. The molecule has 260 valence electrons. The third kappa shape index (κ3) is 21.5. The van der Waals surface area contributed by atoms with E-state index in [2.05, 4.69) is 19.2 Å². The zero-order chi connectivity index (χ0) is 32.3. The molecule has 0 amide bonds. The fourth-order valence-electron chi connectivity index (χ4n) is 6.01. The van der Waals surface area contributed by atoms with Gasteiger partial charge in [0, 0.05) is 31.8 Å². The zero-order valence-corrected chi connectivity index (χ0v) is 28.5. The molecule has 4 N–H and O–H groups in total. The standard InChI is InChI=1S/C36H69NO7/c1-3-5-7-9-11-13-15-17-19-21-23-25-33(39)43-29-30(27-31-35(41)36(42)32(38)28-37-31)44-34(40)26-24-22-20-18-16-14-12-10-8-6-4-2/h30-32,35-38,41-42H,3-29H2,1-2H3/t30-,31-,32-,35+,36+/m1/s1. The fraction of sp³-hybridized carbons (Fsp3) is 0.944. The summed E-state index contributed by atoms with van der Waals surface area (Å²) in [6, 6.07) is -0.585. The molecule has 1 heterocycles. The van der Waals surface area contributed by atoms with Crippen LogP contribution in [0.1, 0.15) is 174 Å². The van der Waals surface area contributed by atoms with Crippen molar-refractivity contribution in [1.82, 2.24) is 5.32 Å². The van der Waals surface area contributed by atoms with E-state index in [4.69, 9.17) is 9.47 Å². The third-order valence-corrected chi connectivity index (χ3v) is 8.96. The summed E-state index contributed by atoms with van der Waals surface area (Å²) in [5, 5.41) is 33.4. The van der Waals surface area contributed by atoms with Crippen molar-refractivity contribution in [3.8, 4) is 0 Å². The van der Waals surface area contributed by atoms with Gasteiger partial charge >= 0.3 is 11.9 Å². The SMILES string of the molecule is CCCCCCCCCCCCCC(=O)OC[C@@H](C[C@H]1NC[C@@H](O)[C@H](O)[C@H]1O)OC(=O)CCCCCCCCCCCCC. The van der Waals surface area contributed by atoms with Gasteiger partial charge in [0.2, 0.25) is 0 Å². The van der Waals surface area contributed by atoms with Crippen molar-refractivity contribution in [3.05, 3.63) is 0 Å². The number of nitrogens with one attached hydrogen (secondary N) is 1. The monoisotopic (exact) mass is 628 g/mol. The molecule has 8 heteroatoms. The summed E-state index contributed by atoms with van der Waals surface area (Å²) in [7, 11) is 0. The molecule has 0 aromatic carbocycles.